The van der Waals surface area contributed by atoms with Crippen LogP contribution in [0.1, 0.15) is 61.3 Å². The number of benzene rings is 1. The zero-order chi connectivity index (χ0) is 15.6. The van der Waals surface area contributed by atoms with Gasteiger partial charge in [-0.25, -0.2) is 4.39 Å². The summed E-state index contributed by atoms with van der Waals surface area (Å²) in [7, 11) is 0. The molecule has 110 valence electrons. The highest BCUT2D eigenvalue weighted by atomic mass is 19.1. The highest BCUT2D eigenvalue weighted by Gasteiger charge is 2.17. The van der Waals surface area contributed by atoms with Crippen molar-refractivity contribution in [2.24, 2.45) is 0 Å². The molecule has 1 aromatic heterocycles. The van der Waals surface area contributed by atoms with Gasteiger partial charge < -0.3 is 0 Å². The molecule has 0 atom stereocenters. The molecule has 0 aliphatic rings. The van der Waals surface area contributed by atoms with Crippen molar-refractivity contribution >= 4 is 6.29 Å². The lowest BCUT2D eigenvalue weighted by Crippen LogP contribution is -2.06. The fourth-order valence-corrected chi connectivity index (χ4v) is 2.32. The van der Waals surface area contributed by atoms with Gasteiger partial charge in [0.15, 0.2) is 6.29 Å². The van der Waals surface area contributed by atoms with Gasteiger partial charge in [-0.15, -0.1) is 0 Å². The quantitative estimate of drug-likeness (QED) is 0.744. The van der Waals surface area contributed by atoms with E-state index in [2.05, 4.69) is 18.8 Å². The summed E-state index contributed by atoms with van der Waals surface area (Å²) in [4.78, 5) is 16.2. The summed E-state index contributed by atoms with van der Waals surface area (Å²) in [6.07, 6.45) is 0.852. The second-order valence-electron chi connectivity index (χ2n) is 5.83. The van der Waals surface area contributed by atoms with Gasteiger partial charge in [0.25, 0.3) is 0 Å². The van der Waals surface area contributed by atoms with Gasteiger partial charge in [0.05, 0.1) is 5.69 Å². The molecule has 21 heavy (non-hydrogen) atoms. The molecule has 0 bridgehead atoms. The van der Waals surface area contributed by atoms with E-state index in [1.165, 1.54) is 12.1 Å². The van der Waals surface area contributed by atoms with Crippen LogP contribution in [0.25, 0.3) is 11.1 Å². The fraction of sp³-hybridized carbons (Fsp3) is 0.333. The van der Waals surface area contributed by atoms with E-state index >= 15 is 0 Å². The first-order valence-electron chi connectivity index (χ1n) is 7.20. The van der Waals surface area contributed by atoms with Gasteiger partial charge in [0.1, 0.15) is 5.82 Å². The number of hydrogen-bond donors (Lipinski definition) is 0. The number of aldehydes is 1. The molecular formula is C18H20FNO. The van der Waals surface area contributed by atoms with Crippen LogP contribution in [-0.4, -0.2) is 11.3 Å². The van der Waals surface area contributed by atoms with Crippen LogP contribution in [0.15, 0.2) is 30.3 Å². The summed E-state index contributed by atoms with van der Waals surface area (Å²) >= 11 is 0. The van der Waals surface area contributed by atoms with Gasteiger partial charge in [0, 0.05) is 11.3 Å². The third kappa shape index (κ3) is 3.18. The Morgan fingerprint density at radius 3 is 2.14 bits per heavy atom. The lowest BCUT2D eigenvalue weighted by atomic mass is 9.92. The summed E-state index contributed by atoms with van der Waals surface area (Å²) in [5, 5.41) is 0. The highest BCUT2D eigenvalue weighted by molar-refractivity contribution is 5.89. The van der Waals surface area contributed by atoms with Crippen molar-refractivity contribution in [1.29, 1.82) is 0 Å². The van der Waals surface area contributed by atoms with Crippen LogP contribution in [0.3, 0.4) is 0 Å². The Balaban J connectivity index is 2.72. The standard InChI is InChI=1S/C18H20FNO/c1-11(2)17-9-15(13-5-7-14(19)8-6-13)16(10-21)18(20-17)12(3)4/h5-12H,1-4H3. The average Bonchev–Trinajstić information content (AvgIpc) is 2.46. The molecule has 2 nitrogen and oxygen atoms in total. The Morgan fingerprint density at radius 1 is 1.05 bits per heavy atom. The van der Waals surface area contributed by atoms with E-state index in [4.69, 9.17) is 0 Å². The van der Waals surface area contributed by atoms with Gasteiger partial charge in [-0.05, 0) is 41.2 Å². The van der Waals surface area contributed by atoms with Crippen LogP contribution in [-0.2, 0) is 0 Å². The molecule has 0 aliphatic heterocycles. The predicted octanol–water partition coefficient (Wildman–Crippen LogP) is 4.95. The number of hydrogen-bond acceptors (Lipinski definition) is 2. The maximum absolute atomic E-state index is 13.1. The molecular weight excluding hydrogens is 265 g/mol. The molecule has 0 unspecified atom stereocenters. The average molecular weight is 285 g/mol. The molecule has 0 aliphatic carbocycles. The van der Waals surface area contributed by atoms with Crippen molar-refractivity contribution in [1.82, 2.24) is 4.98 Å². The molecule has 2 aromatic rings. The second-order valence-corrected chi connectivity index (χ2v) is 5.83. The monoisotopic (exact) mass is 285 g/mol. The normalized spacial score (nSPS) is 11.2. The van der Waals surface area contributed by atoms with Gasteiger partial charge in [0.2, 0.25) is 0 Å². The maximum atomic E-state index is 13.1. The highest BCUT2D eigenvalue weighted by Crippen LogP contribution is 2.31. The van der Waals surface area contributed by atoms with Crippen LogP contribution in [0, 0.1) is 5.82 Å². The summed E-state index contributed by atoms with van der Waals surface area (Å²) in [5.74, 6) is 0.138. The maximum Gasteiger partial charge on any atom is 0.152 e. The number of carbonyl (C=O) groups is 1. The van der Waals surface area contributed by atoms with E-state index in [0.717, 1.165) is 28.8 Å². The van der Waals surface area contributed by atoms with Crippen molar-refractivity contribution in [2.45, 2.75) is 39.5 Å². The Hall–Kier alpha value is -2.03. The van der Waals surface area contributed by atoms with Crippen LogP contribution in [0.4, 0.5) is 4.39 Å². The van der Waals surface area contributed by atoms with Gasteiger partial charge in [-0.2, -0.15) is 0 Å². The summed E-state index contributed by atoms with van der Waals surface area (Å²) in [6.45, 7) is 8.19. The second kappa shape index (κ2) is 6.17. The van der Waals surface area contributed by atoms with Crippen LogP contribution in [0.2, 0.25) is 0 Å². The molecule has 1 heterocycles. The first kappa shape index (κ1) is 15.4. The molecule has 0 saturated carbocycles. The number of carbonyl (C=O) groups excluding carboxylic acids is 1. The van der Waals surface area contributed by atoms with Crippen LogP contribution in [0.5, 0.6) is 0 Å². The molecule has 3 heteroatoms. The molecule has 0 N–H and O–H groups in total. The first-order valence-corrected chi connectivity index (χ1v) is 7.20. The number of halogens is 1. The Kier molecular flexibility index (Phi) is 4.51. The predicted molar refractivity (Wildman–Crippen MR) is 83.2 cm³/mol. The van der Waals surface area contributed by atoms with Crippen molar-refractivity contribution in [3.05, 3.63) is 53.1 Å². The third-order valence-electron chi connectivity index (χ3n) is 3.52. The minimum atomic E-state index is -0.284. The van der Waals surface area contributed by atoms with Crippen molar-refractivity contribution in [3.8, 4) is 11.1 Å². The largest absolute Gasteiger partial charge is 0.298 e. The first-order chi connectivity index (χ1) is 9.93. The van der Waals surface area contributed by atoms with Crippen molar-refractivity contribution in [3.63, 3.8) is 0 Å². The van der Waals surface area contributed by atoms with E-state index in [9.17, 15) is 9.18 Å². The Labute approximate surface area is 125 Å². The molecule has 1 aromatic carbocycles. The Bertz CT molecular complexity index is 645. The summed E-state index contributed by atoms with van der Waals surface area (Å²) in [5.41, 5.74) is 4.01. The van der Waals surface area contributed by atoms with Crippen LogP contribution < -0.4 is 0 Å². The number of pyridine rings is 1. The topological polar surface area (TPSA) is 30.0 Å². The molecule has 0 spiro atoms. The van der Waals surface area contributed by atoms with E-state index in [1.54, 1.807) is 12.1 Å². The zero-order valence-electron chi connectivity index (χ0n) is 12.9. The molecule has 0 fully saturated rings. The van der Waals surface area contributed by atoms with E-state index < -0.39 is 0 Å². The summed E-state index contributed by atoms with van der Waals surface area (Å²) in [6, 6.07) is 8.16. The van der Waals surface area contributed by atoms with Crippen molar-refractivity contribution < 1.29 is 9.18 Å². The molecule has 0 amide bonds. The van der Waals surface area contributed by atoms with E-state index in [-0.39, 0.29) is 17.7 Å². The lowest BCUT2D eigenvalue weighted by Gasteiger charge is -2.17. The Morgan fingerprint density at radius 2 is 1.67 bits per heavy atom. The number of rotatable bonds is 4. The number of aromatic nitrogens is 1. The fourth-order valence-electron chi connectivity index (χ4n) is 2.32. The smallest absolute Gasteiger partial charge is 0.152 e. The van der Waals surface area contributed by atoms with Crippen LogP contribution >= 0.6 is 0 Å². The molecule has 0 saturated heterocycles. The number of nitrogens with zero attached hydrogens (tertiary/aromatic N) is 1. The minimum Gasteiger partial charge on any atom is -0.298 e. The molecule has 0 radical (unpaired) electrons. The zero-order valence-corrected chi connectivity index (χ0v) is 12.9. The molecule has 2 rings (SSSR count). The van der Waals surface area contributed by atoms with E-state index in [0.29, 0.717) is 5.56 Å². The van der Waals surface area contributed by atoms with Gasteiger partial charge in [-0.3, -0.25) is 9.78 Å². The van der Waals surface area contributed by atoms with Crippen molar-refractivity contribution in [2.75, 3.05) is 0 Å². The summed E-state index contributed by atoms with van der Waals surface area (Å²) < 4.78 is 13.1. The minimum absolute atomic E-state index is 0.156. The third-order valence-corrected chi connectivity index (χ3v) is 3.52. The van der Waals surface area contributed by atoms with Gasteiger partial charge >= 0.3 is 0 Å². The van der Waals surface area contributed by atoms with Gasteiger partial charge in [-0.1, -0.05) is 39.8 Å². The van der Waals surface area contributed by atoms with E-state index in [1.807, 2.05) is 19.9 Å². The lowest BCUT2D eigenvalue weighted by molar-refractivity contribution is 0.112. The SMILES string of the molecule is CC(C)c1cc(-c2ccc(F)cc2)c(C=O)c(C(C)C)n1.